The number of hydrogen-bond acceptors (Lipinski definition) is 3. The van der Waals surface area contributed by atoms with Crippen LogP contribution in [0, 0.1) is 24.4 Å². The molecule has 8 rings (SSSR count). The average Bonchev–Trinajstić information content (AvgIpc) is 3.55. The minimum absolute atomic E-state index is 0. The molecule has 1 aliphatic rings. The molecule has 54 heavy (non-hydrogen) atoms. The van der Waals surface area contributed by atoms with Gasteiger partial charge in [-0.25, -0.2) is 0 Å². The van der Waals surface area contributed by atoms with E-state index in [0.29, 0.717) is 16.8 Å². The van der Waals surface area contributed by atoms with Gasteiger partial charge < -0.3 is 14.4 Å². The van der Waals surface area contributed by atoms with Gasteiger partial charge in [0.15, 0.2) is 0 Å². The third kappa shape index (κ3) is 7.19. The topological polar surface area (TPSA) is 38.9 Å². The van der Waals surface area contributed by atoms with Crippen molar-refractivity contribution in [3.8, 4) is 33.6 Å². The van der Waals surface area contributed by atoms with Crippen molar-refractivity contribution in [1.29, 1.82) is 0 Å². The molecule has 0 atom stereocenters. The minimum Gasteiger partial charge on any atom is -0.500 e. The molecule has 0 amide bonds. The second kappa shape index (κ2) is 14.5. The van der Waals surface area contributed by atoms with E-state index in [9.17, 15) is 0 Å². The first kappa shape index (κ1) is 33.2. The van der Waals surface area contributed by atoms with Gasteiger partial charge in [-0.15, -0.1) is 54.1 Å². The van der Waals surface area contributed by atoms with Crippen molar-refractivity contribution >= 4 is 35.2 Å². The first-order chi connectivity index (χ1) is 27.0. The third-order valence-electron chi connectivity index (χ3n) is 11.0. The normalized spacial score (nSPS) is 16.3. The van der Waals surface area contributed by atoms with Crippen molar-refractivity contribution in [3.05, 3.63) is 138 Å². The molecule has 0 saturated carbocycles. The molecule has 0 spiro atoms. The first-order valence-electron chi connectivity index (χ1n) is 20.9. The Labute approximate surface area is 344 Å². The number of rotatable bonds is 4. The van der Waals surface area contributed by atoms with Crippen LogP contribution in [-0.4, -0.2) is 18.0 Å². The Morgan fingerprint density at radius 2 is 1.48 bits per heavy atom. The van der Waals surface area contributed by atoms with Gasteiger partial charge >= 0.3 is 0 Å². The van der Waals surface area contributed by atoms with Crippen LogP contribution >= 0.6 is 0 Å². The summed E-state index contributed by atoms with van der Waals surface area (Å²) >= 11 is 0. The van der Waals surface area contributed by atoms with Crippen LogP contribution in [0.5, 0.6) is 0 Å². The summed E-state index contributed by atoms with van der Waals surface area (Å²) in [6.07, 6.45) is 1.38. The molecular formula is C49H52IrN2OSi-2. The molecule has 1 aliphatic carbocycles. The van der Waals surface area contributed by atoms with E-state index in [2.05, 4.69) is 118 Å². The van der Waals surface area contributed by atoms with Gasteiger partial charge in [-0.3, -0.25) is 0 Å². The van der Waals surface area contributed by atoms with Crippen molar-refractivity contribution < 1.29 is 31.4 Å². The molecule has 0 N–H and O–H groups in total. The number of benzene rings is 4. The molecule has 0 saturated heterocycles. The maximum absolute atomic E-state index is 8.95. The van der Waals surface area contributed by atoms with E-state index in [-0.39, 0.29) is 42.1 Å². The zero-order chi connectivity index (χ0) is 42.2. The summed E-state index contributed by atoms with van der Waals surface area (Å²) < 4.78 is 49.0. The zero-order valence-electron chi connectivity index (χ0n) is 38.0. The molecule has 3 heterocycles. The Kier molecular flexibility index (Phi) is 8.91. The quantitative estimate of drug-likeness (QED) is 0.130. The van der Waals surface area contributed by atoms with E-state index in [1.807, 2.05) is 42.6 Å². The number of fused-ring (bicyclic) bond motifs is 7. The molecule has 0 unspecified atom stereocenters. The molecule has 7 aromatic rings. The predicted molar refractivity (Wildman–Crippen MR) is 227 cm³/mol. The van der Waals surface area contributed by atoms with Crippen LogP contribution in [0.15, 0.2) is 108 Å². The predicted octanol–water partition coefficient (Wildman–Crippen LogP) is 12.7. The fourth-order valence-corrected chi connectivity index (χ4v) is 8.44. The Hall–Kier alpha value is -4.15. The Morgan fingerprint density at radius 3 is 2.15 bits per heavy atom. The molecule has 3 aromatic heterocycles. The fraction of sp³-hybridized carbons (Fsp3) is 0.306. The molecule has 279 valence electrons. The average molecular weight is 910 g/mol. The van der Waals surface area contributed by atoms with Gasteiger partial charge in [-0.2, -0.15) is 0 Å². The van der Waals surface area contributed by atoms with Crippen molar-refractivity contribution in [1.82, 2.24) is 9.97 Å². The number of aryl methyl sites for hydroxylation is 1. The SMILES string of the molecule is C[Si](C)(C)c1ccc(-c2[c-]cccc2)nc1.[2H]C([2H])([2H])c1cnc(-c2[c-]ccc3c2oc2c4c(ccc23)-c2ccccc2C(C)(C)C4(C)C)cc1C([2H])([2H])C(C)(C)C.[Ir]. The van der Waals surface area contributed by atoms with Crippen LogP contribution in [0.1, 0.15) is 77.6 Å². The number of aromatic nitrogens is 2. The molecule has 0 fully saturated rings. The zero-order valence-corrected chi connectivity index (χ0v) is 36.3. The van der Waals surface area contributed by atoms with Crippen molar-refractivity contribution in [2.75, 3.05) is 0 Å². The van der Waals surface area contributed by atoms with Crippen molar-refractivity contribution in [2.24, 2.45) is 5.41 Å². The summed E-state index contributed by atoms with van der Waals surface area (Å²) in [5, 5.41) is 3.30. The van der Waals surface area contributed by atoms with E-state index < -0.39 is 26.7 Å². The van der Waals surface area contributed by atoms with Gasteiger partial charge in [0.2, 0.25) is 0 Å². The second-order valence-electron chi connectivity index (χ2n) is 17.3. The Morgan fingerprint density at radius 1 is 0.759 bits per heavy atom. The number of hydrogen-bond donors (Lipinski definition) is 0. The van der Waals surface area contributed by atoms with Gasteiger partial charge in [0, 0.05) is 55.7 Å². The summed E-state index contributed by atoms with van der Waals surface area (Å²) in [5.74, 6) is 0. The van der Waals surface area contributed by atoms with Gasteiger partial charge in [0.1, 0.15) is 5.58 Å². The monoisotopic (exact) mass is 910 g/mol. The Balaban J connectivity index is 0.000000289. The Bertz CT molecular complexity index is 2650. The summed E-state index contributed by atoms with van der Waals surface area (Å²) in [6.45, 7) is 18.9. The van der Waals surface area contributed by atoms with E-state index in [0.717, 1.165) is 38.7 Å². The largest absolute Gasteiger partial charge is 0.500 e. The molecule has 0 bridgehead atoms. The molecule has 5 heteroatoms. The minimum atomic E-state index is -2.51. The van der Waals surface area contributed by atoms with E-state index in [4.69, 9.17) is 11.3 Å². The van der Waals surface area contributed by atoms with Crippen molar-refractivity contribution in [3.63, 3.8) is 0 Å². The standard InChI is InChI=1S/C35H36NO.C14H16NSi.Ir/c1-21-20-36-29(18-22(21)19-33(2,3)4)27-14-11-13-25-26-17-16-24-23-12-9-10-15-28(23)34(5,6)35(7,8)30(24)32(26)37-31(25)27;1-16(2,3)13-9-10-14(15-11-13)12-7-5-4-6-8-12;/h9-13,15-18,20H,19H2,1-8H3;4-7,9-11H,1-3H3;/q2*-1;/i1D3,19D2;;. The number of furan rings is 1. The molecule has 4 aromatic carbocycles. The number of nitrogens with zero attached hydrogens (tertiary/aromatic N) is 2. The number of pyridine rings is 2. The van der Waals surface area contributed by atoms with Crippen LogP contribution in [0.25, 0.3) is 55.6 Å². The maximum atomic E-state index is 8.95. The third-order valence-corrected chi connectivity index (χ3v) is 13.0. The smallest absolute Gasteiger partial charge is 0.125 e. The summed E-state index contributed by atoms with van der Waals surface area (Å²) in [5.41, 5.74) is 8.07. The molecular weight excluding hydrogens is 853 g/mol. The van der Waals surface area contributed by atoms with Crippen LogP contribution in [0.3, 0.4) is 0 Å². The van der Waals surface area contributed by atoms with E-state index >= 15 is 0 Å². The summed E-state index contributed by atoms with van der Waals surface area (Å²) in [6, 6.07) is 37.0. The van der Waals surface area contributed by atoms with Crippen LogP contribution in [0.2, 0.25) is 19.6 Å². The maximum Gasteiger partial charge on any atom is 0.125 e. The van der Waals surface area contributed by atoms with Gasteiger partial charge in [0.05, 0.1) is 13.7 Å². The van der Waals surface area contributed by atoms with Gasteiger partial charge in [0.25, 0.3) is 0 Å². The fourth-order valence-electron chi connectivity index (χ4n) is 7.40. The molecule has 0 aliphatic heterocycles. The summed E-state index contributed by atoms with van der Waals surface area (Å²) in [7, 11) is -1.23. The van der Waals surface area contributed by atoms with Gasteiger partial charge in [-0.05, 0) is 62.9 Å². The summed E-state index contributed by atoms with van der Waals surface area (Å²) in [4.78, 5) is 9.06. The van der Waals surface area contributed by atoms with Crippen molar-refractivity contribution in [2.45, 2.75) is 92.2 Å². The van der Waals surface area contributed by atoms with Crippen LogP contribution in [-0.2, 0) is 37.3 Å². The molecule has 1 radical (unpaired) electrons. The van der Waals surface area contributed by atoms with Crippen LogP contribution < -0.4 is 5.19 Å². The van der Waals surface area contributed by atoms with E-state index in [1.54, 1.807) is 26.8 Å². The molecule has 3 nitrogen and oxygen atoms in total. The first-order valence-corrected chi connectivity index (χ1v) is 21.9. The van der Waals surface area contributed by atoms with Crippen LogP contribution in [0.4, 0.5) is 0 Å². The van der Waals surface area contributed by atoms with Gasteiger partial charge in [-0.1, -0.05) is 139 Å². The second-order valence-corrected chi connectivity index (χ2v) is 22.4. The van der Waals surface area contributed by atoms with E-state index in [1.165, 1.54) is 22.5 Å².